The van der Waals surface area contributed by atoms with Crippen molar-refractivity contribution in [3.05, 3.63) is 82.1 Å². The molecule has 2 aromatic carbocycles. The summed E-state index contributed by atoms with van der Waals surface area (Å²) in [6.45, 7) is 5.86. The number of methoxy groups -OCH3 is 1. The van der Waals surface area contributed by atoms with Crippen molar-refractivity contribution in [1.29, 1.82) is 0 Å². The van der Waals surface area contributed by atoms with Crippen molar-refractivity contribution in [3.63, 3.8) is 0 Å². The molecule has 1 saturated heterocycles. The molecule has 0 radical (unpaired) electrons. The number of nitrogens with zero attached hydrogens (tertiary/aromatic N) is 5. The molecule has 13 heteroatoms. The summed E-state index contributed by atoms with van der Waals surface area (Å²) < 4.78 is 13.0. The molecule has 1 fully saturated rings. The van der Waals surface area contributed by atoms with Crippen molar-refractivity contribution in [1.82, 2.24) is 30.0 Å². The van der Waals surface area contributed by atoms with Gasteiger partial charge in [-0.05, 0) is 57.5 Å². The summed E-state index contributed by atoms with van der Waals surface area (Å²) in [5.74, 6) is 0.284. The fraction of sp³-hybridized carbons (Fsp3) is 0.297. The molecule has 1 atom stereocenters. The highest BCUT2D eigenvalue weighted by Crippen LogP contribution is 2.42. The molecule has 4 heterocycles. The van der Waals surface area contributed by atoms with Gasteiger partial charge in [-0.25, -0.2) is 9.78 Å². The summed E-state index contributed by atoms with van der Waals surface area (Å²) in [6.07, 6.45) is 2.96. The van der Waals surface area contributed by atoms with Gasteiger partial charge in [0, 0.05) is 65.5 Å². The van der Waals surface area contributed by atoms with Crippen LogP contribution in [0, 0.1) is 0 Å². The second-order valence-corrected chi connectivity index (χ2v) is 13.8. The van der Waals surface area contributed by atoms with Crippen molar-refractivity contribution in [2.45, 2.75) is 51.8 Å². The topological polar surface area (TPSA) is 129 Å². The number of rotatable bonds is 9. The number of ether oxygens (including phenoxy) is 2. The second kappa shape index (κ2) is 14.1. The maximum absolute atomic E-state index is 13.2. The lowest BCUT2D eigenvalue weighted by Gasteiger charge is -2.29. The van der Waals surface area contributed by atoms with Crippen molar-refractivity contribution < 1.29 is 23.9 Å². The lowest BCUT2D eigenvalue weighted by molar-refractivity contribution is -0.119. The summed E-state index contributed by atoms with van der Waals surface area (Å²) in [5, 5.41) is 8.78. The van der Waals surface area contributed by atoms with Gasteiger partial charge in [0.2, 0.25) is 11.8 Å². The van der Waals surface area contributed by atoms with Crippen LogP contribution in [-0.2, 0) is 23.1 Å². The van der Waals surface area contributed by atoms with Gasteiger partial charge in [0.25, 0.3) is 0 Å². The van der Waals surface area contributed by atoms with Crippen LogP contribution in [0.25, 0.3) is 44.5 Å². The molecule has 3 aromatic heterocycles. The maximum Gasteiger partial charge on any atom is 0.410 e. The van der Waals surface area contributed by atoms with Crippen LogP contribution in [0.2, 0.25) is 10.0 Å². The van der Waals surface area contributed by atoms with Crippen LogP contribution in [0.1, 0.15) is 49.7 Å². The number of fused-ring (bicyclic) bond motifs is 1. The number of aryl methyl sites for hydroxylation is 1. The van der Waals surface area contributed by atoms with E-state index in [9.17, 15) is 14.4 Å². The Morgan fingerprint density at radius 3 is 2.54 bits per heavy atom. The molecule has 1 aliphatic heterocycles. The minimum atomic E-state index is -0.700. The highest BCUT2D eigenvalue weighted by molar-refractivity contribution is 6.39. The first-order valence-electron chi connectivity index (χ1n) is 16.0. The van der Waals surface area contributed by atoms with Crippen molar-refractivity contribution >= 4 is 52.4 Å². The van der Waals surface area contributed by atoms with E-state index in [1.165, 1.54) is 7.11 Å². The van der Waals surface area contributed by atoms with E-state index in [0.717, 1.165) is 22.8 Å². The Balaban J connectivity index is 1.32. The molecule has 0 bridgehead atoms. The fourth-order valence-electron chi connectivity index (χ4n) is 6.04. The van der Waals surface area contributed by atoms with Gasteiger partial charge < -0.3 is 19.7 Å². The first kappa shape index (κ1) is 34.8. The molecule has 0 aliphatic carbocycles. The summed E-state index contributed by atoms with van der Waals surface area (Å²) in [5.41, 5.74) is 4.98. The van der Waals surface area contributed by atoms with Crippen LogP contribution in [0.15, 0.2) is 60.8 Å². The van der Waals surface area contributed by atoms with Gasteiger partial charge in [0.15, 0.2) is 6.29 Å². The predicted octanol–water partition coefficient (Wildman–Crippen LogP) is 7.51. The quantitative estimate of drug-likeness (QED) is 0.155. The average molecular weight is 716 g/mol. The minimum absolute atomic E-state index is 0.0357. The normalized spacial score (nSPS) is 14.5. The van der Waals surface area contributed by atoms with Crippen LogP contribution in [0.4, 0.5) is 4.79 Å². The van der Waals surface area contributed by atoms with Gasteiger partial charge in [-0.1, -0.05) is 47.5 Å². The van der Waals surface area contributed by atoms with Crippen molar-refractivity contribution in [2.24, 2.45) is 7.05 Å². The van der Waals surface area contributed by atoms with E-state index in [1.807, 2.05) is 69.3 Å². The van der Waals surface area contributed by atoms with Gasteiger partial charge in [0.05, 0.1) is 40.6 Å². The Labute approximate surface area is 299 Å². The number of hydrogen-bond donors (Lipinski definition) is 1. The van der Waals surface area contributed by atoms with E-state index in [1.54, 1.807) is 28.9 Å². The lowest BCUT2D eigenvalue weighted by atomic mass is 9.99. The number of aldehydes is 1. The highest BCUT2D eigenvalue weighted by Gasteiger charge is 2.29. The molecule has 2 amide bonds. The molecule has 6 rings (SSSR count). The zero-order valence-electron chi connectivity index (χ0n) is 28.3. The smallest absolute Gasteiger partial charge is 0.410 e. The van der Waals surface area contributed by atoms with Crippen LogP contribution < -0.4 is 10.1 Å². The first-order chi connectivity index (χ1) is 23.9. The SMILES string of the molecule is COc1nc(-c2cccc(-c3ccnc(-c4ccc5c(C=O)nn(C)c5c4)c3Cl)c2Cl)ccc1CN(C[C@@H]1CCC(=O)N1)C(=O)OC(C)(C)C. The van der Waals surface area contributed by atoms with Crippen molar-refractivity contribution in [2.75, 3.05) is 13.7 Å². The number of carbonyl (C=O) groups is 3. The van der Waals surface area contributed by atoms with E-state index >= 15 is 0 Å². The summed E-state index contributed by atoms with van der Waals surface area (Å²) in [6, 6.07) is 16.5. The monoisotopic (exact) mass is 714 g/mol. The van der Waals surface area contributed by atoms with Gasteiger partial charge in [0.1, 0.15) is 11.3 Å². The molecule has 258 valence electrons. The summed E-state index contributed by atoms with van der Waals surface area (Å²) in [4.78, 5) is 47.5. The van der Waals surface area contributed by atoms with Crippen LogP contribution >= 0.6 is 23.2 Å². The molecule has 50 heavy (non-hydrogen) atoms. The zero-order chi connectivity index (χ0) is 35.7. The van der Waals surface area contributed by atoms with Gasteiger partial charge in [-0.3, -0.25) is 19.3 Å². The van der Waals surface area contributed by atoms with E-state index in [2.05, 4.69) is 15.4 Å². The number of halogens is 2. The van der Waals surface area contributed by atoms with Crippen LogP contribution in [0.3, 0.4) is 0 Å². The molecular formula is C37H36Cl2N6O5. The third-order valence-corrected chi connectivity index (χ3v) is 9.18. The Bertz CT molecular complexity index is 2130. The Kier molecular flexibility index (Phi) is 9.82. The molecule has 0 unspecified atom stereocenters. The van der Waals surface area contributed by atoms with Gasteiger partial charge in [-0.15, -0.1) is 0 Å². The number of hydrogen-bond acceptors (Lipinski definition) is 8. The number of benzene rings is 2. The Hall–Kier alpha value is -5.00. The standard InChI is InChI=1S/C37H36Cl2N6O5/c1-37(2,3)50-36(48)45(19-23-11-14-31(47)41-23)18-22-10-13-28(42-35(22)49-5)27-8-6-7-24(32(27)38)25-15-16-40-34(33(25)39)21-9-12-26-29(20-46)43-44(4)30(26)17-21/h6-10,12-13,15-17,20,23H,11,14,18-19H2,1-5H3,(H,41,47)/t23-/m0/s1. The molecule has 1 N–H and O–H groups in total. The van der Waals surface area contributed by atoms with E-state index in [4.69, 9.17) is 37.7 Å². The minimum Gasteiger partial charge on any atom is -0.481 e. The number of nitrogens with one attached hydrogen (secondary N) is 1. The first-order valence-corrected chi connectivity index (χ1v) is 16.8. The van der Waals surface area contributed by atoms with Gasteiger partial charge in [-0.2, -0.15) is 5.10 Å². The molecule has 5 aromatic rings. The average Bonchev–Trinajstić information content (AvgIpc) is 3.65. The molecule has 0 saturated carbocycles. The Morgan fingerprint density at radius 1 is 1.08 bits per heavy atom. The summed E-state index contributed by atoms with van der Waals surface area (Å²) in [7, 11) is 3.29. The third-order valence-electron chi connectivity index (χ3n) is 8.39. The second-order valence-electron chi connectivity index (χ2n) is 13.1. The van der Waals surface area contributed by atoms with Crippen molar-refractivity contribution in [3.8, 4) is 39.5 Å². The maximum atomic E-state index is 13.2. The van der Waals surface area contributed by atoms with E-state index in [-0.39, 0.29) is 25.0 Å². The molecule has 0 spiro atoms. The predicted molar refractivity (Wildman–Crippen MR) is 192 cm³/mol. The van der Waals surface area contributed by atoms with Gasteiger partial charge >= 0.3 is 6.09 Å². The van der Waals surface area contributed by atoms with Crippen LogP contribution in [-0.4, -0.2) is 68.2 Å². The number of carbonyl (C=O) groups excluding carboxylic acids is 3. The largest absolute Gasteiger partial charge is 0.481 e. The lowest BCUT2D eigenvalue weighted by Crippen LogP contribution is -2.43. The fourth-order valence-corrected chi connectivity index (χ4v) is 6.69. The molecular weight excluding hydrogens is 679 g/mol. The van der Waals surface area contributed by atoms with Crippen LogP contribution in [0.5, 0.6) is 5.88 Å². The highest BCUT2D eigenvalue weighted by atomic mass is 35.5. The molecule has 1 aliphatic rings. The number of amides is 2. The third kappa shape index (κ3) is 7.15. The molecule has 11 nitrogen and oxygen atoms in total. The van der Waals surface area contributed by atoms with E-state index in [0.29, 0.717) is 68.1 Å². The number of pyridine rings is 2. The zero-order valence-corrected chi connectivity index (χ0v) is 29.8. The Morgan fingerprint density at radius 2 is 1.84 bits per heavy atom. The van der Waals surface area contributed by atoms with E-state index < -0.39 is 11.7 Å². The number of aromatic nitrogens is 4. The summed E-state index contributed by atoms with van der Waals surface area (Å²) >= 11 is 14.1.